The Kier molecular flexibility index (Phi) is 3.75. The van der Waals surface area contributed by atoms with Gasteiger partial charge in [-0.2, -0.15) is 0 Å². The molecule has 100 valence electrons. The van der Waals surface area contributed by atoms with Crippen LogP contribution in [0.5, 0.6) is 0 Å². The average molecular weight is 264 g/mol. The molecule has 1 atom stereocenters. The number of epoxide rings is 1. The Balaban J connectivity index is 1.76. The molecule has 1 aliphatic heterocycles. The number of ketones is 1. The largest absolute Gasteiger partial charge is 0.373 e. The molecule has 0 aromatic heterocycles. The molecular formula is C18H16O2. The lowest BCUT2D eigenvalue weighted by molar-refractivity contribution is 0.104. The van der Waals surface area contributed by atoms with E-state index >= 15 is 0 Å². The number of rotatable bonds is 5. The summed E-state index contributed by atoms with van der Waals surface area (Å²) in [5.41, 5.74) is 3.03. The van der Waals surface area contributed by atoms with Crippen LogP contribution in [0.2, 0.25) is 0 Å². The molecule has 1 saturated heterocycles. The number of hydrogen-bond acceptors (Lipinski definition) is 2. The van der Waals surface area contributed by atoms with Crippen molar-refractivity contribution < 1.29 is 9.53 Å². The van der Waals surface area contributed by atoms with Gasteiger partial charge in [-0.05, 0) is 17.2 Å². The van der Waals surface area contributed by atoms with E-state index in [2.05, 4.69) is 6.07 Å². The molecular weight excluding hydrogens is 248 g/mol. The lowest BCUT2D eigenvalue weighted by Gasteiger charge is -2.03. The van der Waals surface area contributed by atoms with Gasteiger partial charge >= 0.3 is 0 Å². The predicted octanol–water partition coefficient (Wildman–Crippen LogP) is 3.52. The lowest BCUT2D eigenvalue weighted by Crippen LogP contribution is -1.97. The summed E-state index contributed by atoms with van der Waals surface area (Å²) in [6.45, 7) is 0.848. The summed E-state index contributed by atoms with van der Waals surface area (Å²) in [5.74, 6) is 0.0306. The smallest absolute Gasteiger partial charge is 0.185 e. The van der Waals surface area contributed by atoms with Gasteiger partial charge in [0.15, 0.2) is 5.78 Å². The number of hydrogen-bond donors (Lipinski definition) is 0. The van der Waals surface area contributed by atoms with Crippen molar-refractivity contribution in [2.75, 3.05) is 6.61 Å². The number of allylic oxidation sites excluding steroid dienone is 1. The molecule has 2 nitrogen and oxygen atoms in total. The van der Waals surface area contributed by atoms with Gasteiger partial charge in [0.25, 0.3) is 0 Å². The van der Waals surface area contributed by atoms with E-state index < -0.39 is 0 Å². The molecule has 20 heavy (non-hydrogen) atoms. The second-order valence-corrected chi connectivity index (χ2v) is 4.92. The first kappa shape index (κ1) is 12.8. The average Bonchev–Trinajstić information content (AvgIpc) is 3.31. The van der Waals surface area contributed by atoms with Crippen molar-refractivity contribution in [1.29, 1.82) is 0 Å². The van der Waals surface area contributed by atoms with Gasteiger partial charge in [0, 0.05) is 12.0 Å². The quantitative estimate of drug-likeness (QED) is 0.470. The zero-order chi connectivity index (χ0) is 13.8. The summed E-state index contributed by atoms with van der Waals surface area (Å²) in [6, 6.07) is 17.5. The summed E-state index contributed by atoms with van der Waals surface area (Å²) in [5, 5.41) is 0. The van der Waals surface area contributed by atoms with Gasteiger partial charge in [-0.15, -0.1) is 0 Å². The maximum absolute atomic E-state index is 12.1. The normalized spacial score (nSPS) is 17.3. The van der Waals surface area contributed by atoms with Gasteiger partial charge in [-0.1, -0.05) is 60.7 Å². The van der Waals surface area contributed by atoms with Crippen LogP contribution in [0.4, 0.5) is 0 Å². The van der Waals surface area contributed by atoms with Gasteiger partial charge in [-0.25, -0.2) is 0 Å². The first-order valence-corrected chi connectivity index (χ1v) is 6.80. The Morgan fingerprint density at radius 3 is 2.55 bits per heavy atom. The zero-order valence-corrected chi connectivity index (χ0v) is 11.2. The summed E-state index contributed by atoms with van der Waals surface area (Å²) in [6.07, 6.45) is 4.81. The van der Waals surface area contributed by atoms with Gasteiger partial charge in [0.05, 0.1) is 12.7 Å². The molecule has 1 aliphatic rings. The summed E-state index contributed by atoms with van der Waals surface area (Å²) < 4.78 is 5.27. The summed E-state index contributed by atoms with van der Waals surface area (Å²) >= 11 is 0. The fourth-order valence-corrected chi connectivity index (χ4v) is 2.18. The van der Waals surface area contributed by atoms with Gasteiger partial charge in [0.2, 0.25) is 0 Å². The minimum absolute atomic E-state index is 0.0306. The minimum Gasteiger partial charge on any atom is -0.373 e. The Morgan fingerprint density at radius 2 is 1.80 bits per heavy atom. The van der Waals surface area contributed by atoms with Crippen LogP contribution in [-0.2, 0) is 11.2 Å². The van der Waals surface area contributed by atoms with E-state index in [9.17, 15) is 4.79 Å². The van der Waals surface area contributed by atoms with E-state index in [0.29, 0.717) is 11.7 Å². The maximum Gasteiger partial charge on any atom is 0.185 e. The van der Waals surface area contributed by atoms with Crippen molar-refractivity contribution in [3.63, 3.8) is 0 Å². The van der Waals surface area contributed by atoms with Crippen molar-refractivity contribution in [3.8, 4) is 0 Å². The highest BCUT2D eigenvalue weighted by atomic mass is 16.6. The van der Waals surface area contributed by atoms with Crippen LogP contribution in [-0.4, -0.2) is 18.5 Å². The molecule has 0 saturated carbocycles. The highest BCUT2D eigenvalue weighted by molar-refractivity contribution is 6.06. The fourth-order valence-electron chi connectivity index (χ4n) is 2.18. The molecule has 2 heteroatoms. The first-order valence-electron chi connectivity index (χ1n) is 6.80. The molecule has 2 aromatic carbocycles. The number of carbonyl (C=O) groups is 1. The Labute approximate surface area is 118 Å². The van der Waals surface area contributed by atoms with Crippen LogP contribution < -0.4 is 0 Å². The van der Waals surface area contributed by atoms with E-state index in [-0.39, 0.29) is 5.78 Å². The molecule has 0 bridgehead atoms. The van der Waals surface area contributed by atoms with Gasteiger partial charge in [0.1, 0.15) is 0 Å². The SMILES string of the molecule is O=C(/C=C/c1ccccc1CC1CO1)c1ccccc1. The highest BCUT2D eigenvalue weighted by Crippen LogP contribution is 2.20. The molecule has 1 unspecified atom stereocenters. The number of carbonyl (C=O) groups excluding carboxylic acids is 1. The number of ether oxygens (including phenoxy) is 1. The van der Waals surface area contributed by atoms with Crippen molar-refractivity contribution in [3.05, 3.63) is 77.4 Å². The first-order chi connectivity index (χ1) is 9.83. The van der Waals surface area contributed by atoms with E-state index in [1.165, 1.54) is 5.56 Å². The van der Waals surface area contributed by atoms with Crippen molar-refractivity contribution in [2.24, 2.45) is 0 Å². The monoisotopic (exact) mass is 264 g/mol. The second kappa shape index (κ2) is 5.85. The molecule has 0 spiro atoms. The highest BCUT2D eigenvalue weighted by Gasteiger charge is 2.23. The van der Waals surface area contributed by atoms with E-state index in [4.69, 9.17) is 4.74 Å². The molecule has 1 heterocycles. The molecule has 0 radical (unpaired) electrons. The van der Waals surface area contributed by atoms with Crippen LogP contribution >= 0.6 is 0 Å². The van der Waals surface area contributed by atoms with Crippen molar-refractivity contribution in [2.45, 2.75) is 12.5 Å². The molecule has 0 amide bonds. The van der Waals surface area contributed by atoms with Crippen LogP contribution in [0.15, 0.2) is 60.7 Å². The van der Waals surface area contributed by atoms with Gasteiger partial charge < -0.3 is 4.74 Å². The van der Waals surface area contributed by atoms with Crippen LogP contribution in [0.1, 0.15) is 21.5 Å². The predicted molar refractivity (Wildman–Crippen MR) is 79.7 cm³/mol. The van der Waals surface area contributed by atoms with E-state index in [1.54, 1.807) is 6.08 Å². The molecule has 1 fully saturated rings. The Morgan fingerprint density at radius 1 is 1.10 bits per heavy atom. The van der Waals surface area contributed by atoms with Gasteiger partial charge in [-0.3, -0.25) is 4.79 Å². The molecule has 2 aromatic rings. The minimum atomic E-state index is 0.0306. The lowest BCUT2D eigenvalue weighted by atomic mass is 10.0. The standard InChI is InChI=1S/C18H16O2/c19-18(15-7-2-1-3-8-15)11-10-14-6-4-5-9-16(14)12-17-13-20-17/h1-11,17H,12-13H2/b11-10+. The van der Waals surface area contributed by atoms with Crippen LogP contribution in [0, 0.1) is 0 Å². The van der Waals surface area contributed by atoms with E-state index in [1.807, 2.05) is 54.6 Å². The third kappa shape index (κ3) is 3.22. The topological polar surface area (TPSA) is 29.6 Å². The van der Waals surface area contributed by atoms with Crippen LogP contribution in [0.3, 0.4) is 0 Å². The Bertz CT molecular complexity index is 625. The number of benzene rings is 2. The third-order valence-electron chi connectivity index (χ3n) is 3.38. The van der Waals surface area contributed by atoms with E-state index in [0.717, 1.165) is 18.6 Å². The Hall–Kier alpha value is -2.19. The maximum atomic E-state index is 12.1. The van der Waals surface area contributed by atoms with Crippen LogP contribution in [0.25, 0.3) is 6.08 Å². The van der Waals surface area contributed by atoms with Crippen molar-refractivity contribution >= 4 is 11.9 Å². The molecule has 0 aliphatic carbocycles. The summed E-state index contributed by atoms with van der Waals surface area (Å²) in [7, 11) is 0. The molecule has 0 N–H and O–H groups in total. The second-order valence-electron chi connectivity index (χ2n) is 4.92. The summed E-state index contributed by atoms with van der Waals surface area (Å²) in [4.78, 5) is 12.1. The third-order valence-corrected chi connectivity index (χ3v) is 3.38. The van der Waals surface area contributed by atoms with Crippen molar-refractivity contribution in [1.82, 2.24) is 0 Å². The molecule has 3 rings (SSSR count). The fraction of sp³-hybridized carbons (Fsp3) is 0.167. The zero-order valence-electron chi connectivity index (χ0n) is 11.2.